The van der Waals surface area contributed by atoms with Crippen LogP contribution in [0.15, 0.2) is 10.6 Å². The van der Waals surface area contributed by atoms with Gasteiger partial charge in [-0.15, -0.1) is 18.5 Å². The summed E-state index contributed by atoms with van der Waals surface area (Å²) in [5.41, 5.74) is 0. The van der Waals surface area contributed by atoms with Gasteiger partial charge in [-0.3, -0.25) is 0 Å². The van der Waals surface area contributed by atoms with Gasteiger partial charge in [-0.1, -0.05) is 10.6 Å². The predicted molar refractivity (Wildman–Crippen MR) is 37.8 cm³/mol. The smallest absolute Gasteiger partial charge is 0.0396 e. The molecule has 0 aliphatic rings. The van der Waals surface area contributed by atoms with E-state index < -0.39 is 0 Å². The molecule has 0 radical (unpaired) electrons. The molecule has 0 spiro atoms. The van der Waals surface area contributed by atoms with Crippen LogP contribution in [-0.4, -0.2) is 0 Å². The first-order valence-corrected chi connectivity index (χ1v) is 2.98. The van der Waals surface area contributed by atoms with Crippen LogP contribution in [0.25, 0.3) is 0 Å². The van der Waals surface area contributed by atoms with Gasteiger partial charge in [0.1, 0.15) is 0 Å². The number of hydrogen-bond acceptors (Lipinski definition) is 0. The van der Waals surface area contributed by atoms with Gasteiger partial charge in [0.25, 0.3) is 0 Å². The van der Waals surface area contributed by atoms with Gasteiger partial charge in [0.05, 0.1) is 0 Å². The van der Waals surface area contributed by atoms with Gasteiger partial charge >= 0.3 is 0 Å². The largest absolute Gasteiger partial charge is 0.110 e. The van der Waals surface area contributed by atoms with Crippen LogP contribution in [-0.2, 0) is 0 Å². The summed E-state index contributed by atoms with van der Waals surface area (Å²) in [6, 6.07) is 0. The summed E-state index contributed by atoms with van der Waals surface area (Å²) in [5, 5.41) is 2.61. The highest BCUT2D eigenvalue weighted by Crippen LogP contribution is 2.15. The summed E-state index contributed by atoms with van der Waals surface area (Å²) in [6.07, 6.45) is 0. The fourth-order valence-corrected chi connectivity index (χ4v) is 0. The van der Waals surface area contributed by atoms with Gasteiger partial charge in [0.2, 0.25) is 0 Å². The van der Waals surface area contributed by atoms with E-state index >= 15 is 0 Å². The topological polar surface area (TPSA) is 0 Å². The third kappa shape index (κ3) is 2.82. The van der Waals surface area contributed by atoms with Crippen molar-refractivity contribution in [1.82, 2.24) is 0 Å². The van der Waals surface area contributed by atoms with E-state index in [0.717, 1.165) is 0 Å². The standard InChI is InChI=1S/C4H10P2/c1-3(5)4(2)6/h5-6H2,1-2H3/b4-3+. The molecule has 0 aromatic rings. The Bertz CT molecular complexity index is 55.6. The summed E-state index contributed by atoms with van der Waals surface area (Å²) in [7, 11) is 5.26. The highest BCUT2D eigenvalue weighted by molar-refractivity contribution is 7.27. The molecule has 2 atom stereocenters. The van der Waals surface area contributed by atoms with Crippen molar-refractivity contribution in [2.45, 2.75) is 13.8 Å². The van der Waals surface area contributed by atoms with E-state index in [0.29, 0.717) is 0 Å². The van der Waals surface area contributed by atoms with Crippen LogP contribution in [0.4, 0.5) is 0 Å². The Kier molecular flexibility index (Phi) is 2.99. The quantitative estimate of drug-likeness (QED) is 0.429. The van der Waals surface area contributed by atoms with Crippen molar-refractivity contribution in [2.75, 3.05) is 0 Å². The van der Waals surface area contributed by atoms with E-state index in [1.165, 1.54) is 10.6 Å². The molecule has 6 heavy (non-hydrogen) atoms. The molecule has 0 nitrogen and oxygen atoms in total. The van der Waals surface area contributed by atoms with Crippen molar-refractivity contribution in [3.05, 3.63) is 10.6 Å². The molecule has 2 heteroatoms. The second kappa shape index (κ2) is 2.72. The molecule has 36 valence electrons. The van der Waals surface area contributed by atoms with Gasteiger partial charge < -0.3 is 0 Å². The average molecular weight is 120 g/mol. The monoisotopic (exact) mass is 120 g/mol. The molecule has 0 aliphatic carbocycles. The van der Waals surface area contributed by atoms with Crippen LogP contribution in [0.1, 0.15) is 13.8 Å². The van der Waals surface area contributed by atoms with E-state index in [4.69, 9.17) is 0 Å². The van der Waals surface area contributed by atoms with Crippen LogP contribution in [0.5, 0.6) is 0 Å². The lowest BCUT2D eigenvalue weighted by Gasteiger charge is -1.87. The molecule has 2 unspecified atom stereocenters. The van der Waals surface area contributed by atoms with Crippen LogP contribution >= 0.6 is 18.5 Å². The molecule has 0 bridgehead atoms. The van der Waals surface area contributed by atoms with Crippen molar-refractivity contribution in [3.8, 4) is 0 Å². The van der Waals surface area contributed by atoms with Gasteiger partial charge in [0, 0.05) is 0 Å². The first kappa shape index (κ1) is 6.60. The van der Waals surface area contributed by atoms with Crippen molar-refractivity contribution >= 4 is 18.5 Å². The fourth-order valence-electron chi connectivity index (χ4n) is 0. The zero-order chi connectivity index (χ0) is 5.15. The lowest BCUT2D eigenvalue weighted by Crippen LogP contribution is -1.55. The Labute approximate surface area is 43.8 Å². The van der Waals surface area contributed by atoms with Crippen molar-refractivity contribution < 1.29 is 0 Å². The lowest BCUT2D eigenvalue weighted by molar-refractivity contribution is 1.56. The van der Waals surface area contributed by atoms with Crippen molar-refractivity contribution in [3.63, 3.8) is 0 Å². The highest BCUT2D eigenvalue weighted by Gasteiger charge is 1.75. The number of rotatable bonds is 0. The first-order valence-electron chi connectivity index (χ1n) is 1.83. The Morgan fingerprint density at radius 2 is 1.17 bits per heavy atom. The Hall–Kier alpha value is 0.600. The molecule has 0 heterocycles. The first-order chi connectivity index (χ1) is 2.64. The summed E-state index contributed by atoms with van der Waals surface area (Å²) < 4.78 is 0. The van der Waals surface area contributed by atoms with Gasteiger partial charge in [-0.05, 0) is 13.8 Å². The SMILES string of the molecule is C/C(P)=C(/C)P. The number of allylic oxidation sites excluding steroid dienone is 2. The molecule has 0 N–H and O–H groups in total. The lowest BCUT2D eigenvalue weighted by atomic mass is 10.6. The Morgan fingerprint density at radius 1 is 1.00 bits per heavy atom. The molecule has 0 aliphatic heterocycles. The third-order valence-corrected chi connectivity index (χ3v) is 1.87. The molecule has 0 saturated heterocycles. The normalized spacial score (nSPS) is 14.0. The maximum Gasteiger partial charge on any atom is -0.0396 e. The predicted octanol–water partition coefficient (Wildman–Crippen LogP) is 1.99. The number of hydrogen-bond donors (Lipinski definition) is 0. The Morgan fingerprint density at radius 3 is 1.17 bits per heavy atom. The second-order valence-corrected chi connectivity index (χ2v) is 3.10. The highest BCUT2D eigenvalue weighted by atomic mass is 31.0. The maximum atomic E-state index is 2.63. The third-order valence-electron chi connectivity index (χ3n) is 0.622. The molecule has 0 fully saturated rings. The zero-order valence-corrected chi connectivity index (χ0v) is 6.46. The minimum absolute atomic E-state index is 1.31. The van der Waals surface area contributed by atoms with E-state index in [1.54, 1.807) is 0 Å². The summed E-state index contributed by atoms with van der Waals surface area (Å²) in [5.74, 6) is 0. The van der Waals surface area contributed by atoms with Crippen LogP contribution in [0, 0.1) is 0 Å². The molecular weight excluding hydrogens is 110 g/mol. The van der Waals surface area contributed by atoms with Crippen molar-refractivity contribution in [1.29, 1.82) is 0 Å². The molecule has 0 amide bonds. The van der Waals surface area contributed by atoms with Crippen LogP contribution < -0.4 is 0 Å². The summed E-state index contributed by atoms with van der Waals surface area (Å²) in [6.45, 7) is 4.12. The van der Waals surface area contributed by atoms with Gasteiger partial charge in [-0.2, -0.15) is 0 Å². The van der Waals surface area contributed by atoms with E-state index in [1.807, 2.05) is 0 Å². The van der Waals surface area contributed by atoms with Crippen molar-refractivity contribution in [2.24, 2.45) is 0 Å². The Balaban J connectivity index is 3.68. The molecule has 0 aromatic heterocycles. The molecule has 0 aromatic carbocycles. The van der Waals surface area contributed by atoms with Crippen LogP contribution in [0.2, 0.25) is 0 Å². The summed E-state index contributed by atoms with van der Waals surface area (Å²) in [4.78, 5) is 0. The second-order valence-electron chi connectivity index (χ2n) is 1.37. The molecular formula is C4H10P2. The fraction of sp³-hybridized carbons (Fsp3) is 0.500. The van der Waals surface area contributed by atoms with Gasteiger partial charge in [0.15, 0.2) is 0 Å². The molecule has 0 saturated carbocycles. The summed E-state index contributed by atoms with van der Waals surface area (Å²) >= 11 is 0. The minimum atomic E-state index is 1.31. The van der Waals surface area contributed by atoms with Crippen LogP contribution in [0.3, 0.4) is 0 Å². The maximum absolute atomic E-state index is 2.63. The van der Waals surface area contributed by atoms with Gasteiger partial charge in [-0.25, -0.2) is 0 Å². The minimum Gasteiger partial charge on any atom is -0.110 e. The zero-order valence-electron chi connectivity index (χ0n) is 4.15. The average Bonchev–Trinajstić information content (AvgIpc) is 1.36. The molecule has 0 rings (SSSR count). The van der Waals surface area contributed by atoms with E-state index in [2.05, 4.69) is 32.3 Å². The van der Waals surface area contributed by atoms with E-state index in [9.17, 15) is 0 Å². The van der Waals surface area contributed by atoms with E-state index in [-0.39, 0.29) is 0 Å².